The Hall–Kier alpha value is -2.86. The molecule has 0 bridgehead atoms. The molecule has 140 valence electrons. The highest BCUT2D eigenvalue weighted by Crippen LogP contribution is 2.16. The van der Waals surface area contributed by atoms with Crippen LogP contribution in [0.3, 0.4) is 0 Å². The highest BCUT2D eigenvalue weighted by atomic mass is 16.2. The van der Waals surface area contributed by atoms with Gasteiger partial charge >= 0.3 is 0 Å². The van der Waals surface area contributed by atoms with Crippen molar-refractivity contribution in [3.8, 4) is 0 Å². The molecule has 3 heterocycles. The maximum absolute atomic E-state index is 12.7. The van der Waals surface area contributed by atoms with Crippen LogP contribution < -0.4 is 4.90 Å². The molecule has 0 saturated carbocycles. The van der Waals surface area contributed by atoms with Crippen molar-refractivity contribution in [3.05, 3.63) is 66.0 Å². The molecule has 1 saturated heterocycles. The summed E-state index contributed by atoms with van der Waals surface area (Å²) in [6.07, 6.45) is 1.97. The van der Waals surface area contributed by atoms with Gasteiger partial charge in [0.05, 0.1) is 11.2 Å². The van der Waals surface area contributed by atoms with E-state index in [0.717, 1.165) is 55.2 Å². The lowest BCUT2D eigenvalue weighted by molar-refractivity contribution is 0.0627. The second-order valence-electron chi connectivity index (χ2n) is 7.22. The van der Waals surface area contributed by atoms with E-state index in [2.05, 4.69) is 22.1 Å². The van der Waals surface area contributed by atoms with Crippen LogP contribution in [0.4, 0.5) is 5.69 Å². The van der Waals surface area contributed by atoms with Crippen LogP contribution >= 0.6 is 0 Å². The number of aromatic nitrogens is 2. The maximum Gasteiger partial charge on any atom is 0.253 e. The molecule has 1 aromatic carbocycles. The Kier molecular flexibility index (Phi) is 4.81. The summed E-state index contributed by atoms with van der Waals surface area (Å²) in [7, 11) is 4.00. The Labute approximate surface area is 159 Å². The van der Waals surface area contributed by atoms with Crippen LogP contribution in [0.2, 0.25) is 0 Å². The lowest BCUT2D eigenvalue weighted by Crippen LogP contribution is -2.48. The van der Waals surface area contributed by atoms with Gasteiger partial charge in [-0.1, -0.05) is 6.07 Å². The first-order valence-electron chi connectivity index (χ1n) is 9.32. The quantitative estimate of drug-likeness (QED) is 0.714. The van der Waals surface area contributed by atoms with Gasteiger partial charge in [0.25, 0.3) is 5.91 Å². The topological polar surface area (TPSA) is 44.1 Å². The summed E-state index contributed by atoms with van der Waals surface area (Å²) in [5, 5.41) is 4.62. The van der Waals surface area contributed by atoms with Crippen LogP contribution in [0.1, 0.15) is 16.1 Å². The molecular formula is C21H25N5O. The number of hydrogen-bond donors (Lipinski definition) is 0. The predicted molar refractivity (Wildman–Crippen MR) is 107 cm³/mol. The van der Waals surface area contributed by atoms with E-state index < -0.39 is 0 Å². The van der Waals surface area contributed by atoms with Gasteiger partial charge in [0.2, 0.25) is 0 Å². The Morgan fingerprint density at radius 2 is 1.78 bits per heavy atom. The first-order valence-corrected chi connectivity index (χ1v) is 9.32. The van der Waals surface area contributed by atoms with Gasteiger partial charge in [-0.05, 0) is 42.5 Å². The van der Waals surface area contributed by atoms with Gasteiger partial charge in [-0.15, -0.1) is 0 Å². The first-order chi connectivity index (χ1) is 13.1. The van der Waals surface area contributed by atoms with Gasteiger partial charge < -0.3 is 9.80 Å². The lowest BCUT2D eigenvalue weighted by Gasteiger charge is -2.34. The number of hydrogen-bond acceptors (Lipinski definition) is 4. The smallest absolute Gasteiger partial charge is 0.253 e. The molecule has 0 aliphatic carbocycles. The van der Waals surface area contributed by atoms with E-state index in [9.17, 15) is 4.79 Å². The third-order valence-electron chi connectivity index (χ3n) is 5.10. The molecular weight excluding hydrogens is 338 g/mol. The lowest BCUT2D eigenvalue weighted by atomic mass is 10.1. The van der Waals surface area contributed by atoms with Crippen LogP contribution in [-0.2, 0) is 6.54 Å². The van der Waals surface area contributed by atoms with Gasteiger partial charge in [-0.3, -0.25) is 9.69 Å². The minimum atomic E-state index is 0.118. The number of anilines is 1. The van der Waals surface area contributed by atoms with E-state index in [4.69, 9.17) is 0 Å². The van der Waals surface area contributed by atoms with Crippen LogP contribution in [0, 0.1) is 0 Å². The summed E-state index contributed by atoms with van der Waals surface area (Å²) in [5.74, 6) is 0.118. The van der Waals surface area contributed by atoms with Crippen LogP contribution in [0.25, 0.3) is 5.52 Å². The molecule has 1 fully saturated rings. The number of carbonyl (C=O) groups excluding carboxylic acids is 1. The molecule has 0 N–H and O–H groups in total. The van der Waals surface area contributed by atoms with E-state index in [-0.39, 0.29) is 5.91 Å². The molecule has 27 heavy (non-hydrogen) atoms. The normalized spacial score (nSPS) is 15.3. The zero-order valence-electron chi connectivity index (χ0n) is 15.9. The SMILES string of the molecule is CN(C)c1ccc(C(=O)N2CCN(Cc3cc4ccccn4n3)CC2)cc1. The Morgan fingerprint density at radius 1 is 1.04 bits per heavy atom. The standard InChI is InChI=1S/C21H25N5O/c1-23(2)19-8-6-17(7-9-19)21(27)25-13-11-24(12-14-25)16-18-15-20-5-3-4-10-26(20)22-18/h3-10,15H,11-14,16H2,1-2H3. The number of pyridine rings is 1. The van der Waals surface area contributed by atoms with Gasteiger partial charge in [0.1, 0.15) is 0 Å². The Bertz CT molecular complexity index is 890. The molecule has 4 rings (SSSR count). The summed E-state index contributed by atoms with van der Waals surface area (Å²) in [5.41, 5.74) is 4.04. The summed E-state index contributed by atoms with van der Waals surface area (Å²) >= 11 is 0. The highest BCUT2D eigenvalue weighted by molar-refractivity contribution is 5.94. The molecule has 0 atom stereocenters. The van der Waals surface area contributed by atoms with Crippen LogP contribution in [0.15, 0.2) is 54.7 Å². The van der Waals surface area contributed by atoms with Crippen molar-refractivity contribution < 1.29 is 4.79 Å². The number of piperazine rings is 1. The zero-order chi connectivity index (χ0) is 18.8. The Morgan fingerprint density at radius 3 is 2.44 bits per heavy atom. The molecule has 2 aromatic heterocycles. The van der Waals surface area contributed by atoms with Gasteiger partial charge in [0, 0.05) is 64.3 Å². The van der Waals surface area contributed by atoms with E-state index in [1.807, 2.05) is 71.0 Å². The molecule has 6 heteroatoms. The van der Waals surface area contributed by atoms with Crippen LogP contribution in [-0.4, -0.2) is 65.6 Å². The molecule has 1 aliphatic heterocycles. The number of fused-ring (bicyclic) bond motifs is 1. The van der Waals surface area contributed by atoms with Crippen molar-refractivity contribution in [2.24, 2.45) is 0 Å². The summed E-state index contributed by atoms with van der Waals surface area (Å²) in [4.78, 5) is 19.1. The number of amides is 1. The fourth-order valence-electron chi connectivity index (χ4n) is 3.49. The molecule has 0 radical (unpaired) electrons. The first kappa shape index (κ1) is 17.5. The average Bonchev–Trinajstić information content (AvgIpc) is 3.10. The van der Waals surface area contributed by atoms with Crippen molar-refractivity contribution in [2.45, 2.75) is 6.54 Å². The van der Waals surface area contributed by atoms with Crippen molar-refractivity contribution in [1.82, 2.24) is 19.4 Å². The second kappa shape index (κ2) is 7.40. The fraction of sp³-hybridized carbons (Fsp3) is 0.333. The highest BCUT2D eigenvalue weighted by Gasteiger charge is 2.22. The van der Waals surface area contributed by atoms with E-state index in [1.165, 1.54) is 0 Å². The Balaban J connectivity index is 1.34. The van der Waals surface area contributed by atoms with Crippen molar-refractivity contribution in [1.29, 1.82) is 0 Å². The molecule has 1 amide bonds. The number of rotatable bonds is 4. The molecule has 1 aliphatic rings. The molecule has 0 unspecified atom stereocenters. The minimum absolute atomic E-state index is 0.118. The molecule has 6 nitrogen and oxygen atoms in total. The van der Waals surface area contributed by atoms with Gasteiger partial charge in [-0.2, -0.15) is 5.10 Å². The van der Waals surface area contributed by atoms with Crippen molar-refractivity contribution in [2.75, 3.05) is 45.2 Å². The van der Waals surface area contributed by atoms with E-state index in [0.29, 0.717) is 0 Å². The number of carbonyl (C=O) groups is 1. The third-order valence-corrected chi connectivity index (χ3v) is 5.10. The summed E-state index contributed by atoms with van der Waals surface area (Å²) in [6, 6.07) is 16.0. The average molecular weight is 363 g/mol. The predicted octanol–water partition coefficient (Wildman–Crippen LogP) is 2.36. The maximum atomic E-state index is 12.7. The van der Waals surface area contributed by atoms with Crippen molar-refractivity contribution in [3.63, 3.8) is 0 Å². The van der Waals surface area contributed by atoms with Gasteiger partial charge in [0.15, 0.2) is 0 Å². The number of nitrogens with zero attached hydrogens (tertiary/aromatic N) is 5. The van der Waals surface area contributed by atoms with Crippen LogP contribution in [0.5, 0.6) is 0 Å². The third kappa shape index (κ3) is 3.80. The largest absolute Gasteiger partial charge is 0.378 e. The summed E-state index contributed by atoms with van der Waals surface area (Å²) in [6.45, 7) is 4.06. The molecule has 3 aromatic rings. The summed E-state index contributed by atoms with van der Waals surface area (Å²) < 4.78 is 1.91. The van der Waals surface area contributed by atoms with Gasteiger partial charge in [-0.25, -0.2) is 4.52 Å². The minimum Gasteiger partial charge on any atom is -0.378 e. The monoisotopic (exact) mass is 363 g/mol. The second-order valence-corrected chi connectivity index (χ2v) is 7.22. The zero-order valence-corrected chi connectivity index (χ0v) is 15.9. The van der Waals surface area contributed by atoms with E-state index >= 15 is 0 Å². The fourth-order valence-corrected chi connectivity index (χ4v) is 3.49. The number of benzene rings is 1. The van der Waals surface area contributed by atoms with E-state index in [1.54, 1.807) is 0 Å². The van der Waals surface area contributed by atoms with Crippen molar-refractivity contribution >= 4 is 17.1 Å². The molecule has 0 spiro atoms.